The molecule has 1 aliphatic rings. The van der Waals surface area contributed by atoms with Crippen LogP contribution < -0.4 is 5.32 Å². The van der Waals surface area contributed by atoms with Gasteiger partial charge in [-0.2, -0.15) is 0 Å². The van der Waals surface area contributed by atoms with E-state index in [-0.39, 0.29) is 11.8 Å². The van der Waals surface area contributed by atoms with E-state index < -0.39 is 5.41 Å². The van der Waals surface area contributed by atoms with E-state index >= 15 is 0 Å². The fourth-order valence-electron chi connectivity index (χ4n) is 3.67. The Morgan fingerprint density at radius 2 is 1.75 bits per heavy atom. The van der Waals surface area contributed by atoms with Crippen molar-refractivity contribution in [3.05, 3.63) is 65.2 Å². The van der Waals surface area contributed by atoms with Crippen molar-refractivity contribution in [3.63, 3.8) is 0 Å². The van der Waals surface area contributed by atoms with Gasteiger partial charge in [0.2, 0.25) is 11.8 Å². The molecule has 0 saturated heterocycles. The number of carbonyl (C=O) groups excluding carboxylic acids is 2. The Labute approximate surface area is 167 Å². The summed E-state index contributed by atoms with van der Waals surface area (Å²) in [7, 11) is 0. The van der Waals surface area contributed by atoms with Crippen LogP contribution in [-0.4, -0.2) is 23.3 Å². The highest BCUT2D eigenvalue weighted by Crippen LogP contribution is 2.48. The van der Waals surface area contributed by atoms with Crippen molar-refractivity contribution >= 4 is 17.5 Å². The zero-order valence-electron chi connectivity index (χ0n) is 17.3. The monoisotopic (exact) mass is 378 g/mol. The van der Waals surface area contributed by atoms with Crippen LogP contribution in [0.5, 0.6) is 0 Å². The molecule has 2 amide bonds. The third-order valence-electron chi connectivity index (χ3n) is 5.64. The van der Waals surface area contributed by atoms with E-state index in [4.69, 9.17) is 0 Å². The summed E-state index contributed by atoms with van der Waals surface area (Å²) in [5.74, 6) is 0.0718. The van der Waals surface area contributed by atoms with E-state index in [0.29, 0.717) is 31.8 Å². The molecule has 1 N–H and O–H groups in total. The first-order chi connectivity index (χ1) is 13.4. The fourth-order valence-corrected chi connectivity index (χ4v) is 3.67. The molecule has 0 bridgehead atoms. The van der Waals surface area contributed by atoms with E-state index in [1.807, 2.05) is 62.4 Å². The topological polar surface area (TPSA) is 49.4 Å². The molecule has 1 aliphatic carbocycles. The number of benzene rings is 2. The van der Waals surface area contributed by atoms with E-state index in [1.54, 1.807) is 4.90 Å². The molecule has 0 aromatic heterocycles. The van der Waals surface area contributed by atoms with Crippen LogP contribution in [0.4, 0.5) is 5.69 Å². The Hall–Kier alpha value is -2.62. The molecular formula is C24H30N2O2. The Morgan fingerprint density at radius 1 is 1.07 bits per heavy atom. The van der Waals surface area contributed by atoms with Gasteiger partial charge in [-0.25, -0.2) is 0 Å². The number of hydrogen-bond acceptors (Lipinski definition) is 2. The SMILES string of the molecule is CCN(Cc1ccccc1)C(=O)C1(C(=O)Nc2c(C)cccc2C(C)C)CC1. The van der Waals surface area contributed by atoms with E-state index in [0.717, 1.165) is 22.4 Å². The van der Waals surface area contributed by atoms with Crippen molar-refractivity contribution in [2.75, 3.05) is 11.9 Å². The second kappa shape index (κ2) is 8.17. The van der Waals surface area contributed by atoms with Gasteiger partial charge in [0.25, 0.3) is 0 Å². The first-order valence-corrected chi connectivity index (χ1v) is 10.1. The molecule has 0 aliphatic heterocycles. The van der Waals surface area contributed by atoms with Crippen LogP contribution in [0, 0.1) is 12.3 Å². The van der Waals surface area contributed by atoms with Gasteiger partial charge in [-0.3, -0.25) is 9.59 Å². The quantitative estimate of drug-likeness (QED) is 0.698. The highest BCUT2D eigenvalue weighted by molar-refractivity contribution is 6.13. The molecule has 3 rings (SSSR count). The second-order valence-corrected chi connectivity index (χ2v) is 8.03. The number of anilines is 1. The summed E-state index contributed by atoms with van der Waals surface area (Å²) < 4.78 is 0. The van der Waals surface area contributed by atoms with Gasteiger partial charge in [-0.15, -0.1) is 0 Å². The third-order valence-corrected chi connectivity index (χ3v) is 5.64. The molecule has 1 saturated carbocycles. The Kier molecular flexibility index (Phi) is 5.87. The van der Waals surface area contributed by atoms with Crippen LogP contribution >= 0.6 is 0 Å². The fraction of sp³-hybridized carbons (Fsp3) is 0.417. The second-order valence-electron chi connectivity index (χ2n) is 8.03. The van der Waals surface area contributed by atoms with Crippen LogP contribution in [0.25, 0.3) is 0 Å². The molecule has 4 nitrogen and oxygen atoms in total. The molecule has 0 radical (unpaired) electrons. The van der Waals surface area contributed by atoms with Gasteiger partial charge in [-0.1, -0.05) is 62.4 Å². The number of para-hydroxylation sites is 1. The average Bonchev–Trinajstić information content (AvgIpc) is 3.49. The van der Waals surface area contributed by atoms with Crippen molar-refractivity contribution in [3.8, 4) is 0 Å². The van der Waals surface area contributed by atoms with Crippen molar-refractivity contribution in [2.45, 2.75) is 53.0 Å². The Bertz CT molecular complexity index is 854. The number of rotatable bonds is 7. The Morgan fingerprint density at radius 3 is 2.32 bits per heavy atom. The minimum atomic E-state index is -0.915. The number of nitrogens with one attached hydrogen (secondary N) is 1. The number of nitrogens with zero attached hydrogens (tertiary/aromatic N) is 1. The van der Waals surface area contributed by atoms with Crippen LogP contribution in [0.15, 0.2) is 48.5 Å². The van der Waals surface area contributed by atoms with Crippen LogP contribution in [0.1, 0.15) is 56.2 Å². The lowest BCUT2D eigenvalue weighted by Crippen LogP contribution is -2.42. The molecule has 1 fully saturated rings. The van der Waals surface area contributed by atoms with Gasteiger partial charge in [0, 0.05) is 18.8 Å². The zero-order chi connectivity index (χ0) is 20.3. The van der Waals surface area contributed by atoms with E-state index in [1.165, 1.54) is 0 Å². The van der Waals surface area contributed by atoms with Gasteiger partial charge in [-0.05, 0) is 49.3 Å². The van der Waals surface area contributed by atoms with Gasteiger partial charge >= 0.3 is 0 Å². The molecule has 2 aromatic rings. The maximum absolute atomic E-state index is 13.3. The minimum Gasteiger partial charge on any atom is -0.338 e. The minimum absolute atomic E-state index is 0.0592. The summed E-state index contributed by atoms with van der Waals surface area (Å²) in [5.41, 5.74) is 3.15. The standard InChI is InChI=1S/C24H30N2O2/c1-5-26(16-19-11-7-6-8-12-19)23(28)24(14-15-24)22(27)25-21-18(4)10-9-13-20(21)17(2)3/h6-13,17H,5,14-16H2,1-4H3,(H,25,27). The maximum Gasteiger partial charge on any atom is 0.240 e. The lowest BCUT2D eigenvalue weighted by molar-refractivity contribution is -0.142. The summed E-state index contributed by atoms with van der Waals surface area (Å²) in [6.45, 7) is 9.31. The lowest BCUT2D eigenvalue weighted by Gasteiger charge is -2.26. The molecule has 148 valence electrons. The summed E-state index contributed by atoms with van der Waals surface area (Å²) in [6, 6.07) is 16.0. The maximum atomic E-state index is 13.3. The molecule has 0 atom stereocenters. The normalized spacial score (nSPS) is 14.6. The molecule has 4 heteroatoms. The smallest absolute Gasteiger partial charge is 0.240 e. The summed E-state index contributed by atoms with van der Waals surface area (Å²) in [5, 5.41) is 3.10. The van der Waals surface area contributed by atoms with Gasteiger partial charge in [0.05, 0.1) is 0 Å². The van der Waals surface area contributed by atoms with Crippen LogP contribution in [0.3, 0.4) is 0 Å². The summed E-state index contributed by atoms with van der Waals surface area (Å²) in [6.07, 6.45) is 1.23. The molecule has 0 unspecified atom stereocenters. The number of carbonyl (C=O) groups is 2. The van der Waals surface area contributed by atoms with Gasteiger partial charge in [0.1, 0.15) is 5.41 Å². The largest absolute Gasteiger partial charge is 0.338 e. The molecule has 28 heavy (non-hydrogen) atoms. The van der Waals surface area contributed by atoms with Crippen LogP contribution in [-0.2, 0) is 16.1 Å². The third kappa shape index (κ3) is 3.96. The summed E-state index contributed by atoms with van der Waals surface area (Å²) in [4.78, 5) is 28.2. The van der Waals surface area contributed by atoms with Crippen molar-refractivity contribution in [1.29, 1.82) is 0 Å². The molecule has 0 heterocycles. The zero-order valence-corrected chi connectivity index (χ0v) is 17.3. The number of amides is 2. The first-order valence-electron chi connectivity index (χ1n) is 10.1. The van der Waals surface area contributed by atoms with Gasteiger partial charge in [0.15, 0.2) is 0 Å². The molecule has 0 spiro atoms. The number of hydrogen-bond donors (Lipinski definition) is 1. The predicted octanol–water partition coefficient (Wildman–Crippen LogP) is 4.89. The molecular weight excluding hydrogens is 348 g/mol. The van der Waals surface area contributed by atoms with E-state index in [2.05, 4.69) is 19.2 Å². The highest BCUT2D eigenvalue weighted by Gasteiger charge is 2.58. The summed E-state index contributed by atoms with van der Waals surface area (Å²) >= 11 is 0. The average molecular weight is 379 g/mol. The van der Waals surface area contributed by atoms with Crippen molar-refractivity contribution in [2.24, 2.45) is 5.41 Å². The highest BCUT2D eigenvalue weighted by atomic mass is 16.2. The van der Waals surface area contributed by atoms with Gasteiger partial charge < -0.3 is 10.2 Å². The van der Waals surface area contributed by atoms with Crippen molar-refractivity contribution in [1.82, 2.24) is 4.90 Å². The molecule has 2 aromatic carbocycles. The first kappa shape index (κ1) is 20.1. The predicted molar refractivity (Wildman–Crippen MR) is 113 cm³/mol. The Balaban J connectivity index is 1.79. The van der Waals surface area contributed by atoms with E-state index in [9.17, 15) is 9.59 Å². The van der Waals surface area contributed by atoms with Crippen molar-refractivity contribution < 1.29 is 9.59 Å². The number of aryl methyl sites for hydroxylation is 1. The lowest BCUT2D eigenvalue weighted by atomic mass is 9.96. The van der Waals surface area contributed by atoms with Crippen LogP contribution in [0.2, 0.25) is 0 Å².